The van der Waals surface area contributed by atoms with Crippen LogP contribution >= 0.6 is 11.3 Å². The lowest BCUT2D eigenvalue weighted by Gasteiger charge is -2.24. The normalized spacial score (nSPS) is 14.4. The zero-order valence-electron chi connectivity index (χ0n) is 24.5. The molecule has 0 aliphatic carbocycles. The molecule has 3 heterocycles. The Kier molecular flexibility index (Phi) is 8.22. The average molecular weight is 617 g/mol. The fraction of sp³-hybridized carbons (Fsp3) is 0.114. The van der Waals surface area contributed by atoms with E-state index >= 15 is 0 Å². The van der Waals surface area contributed by atoms with E-state index in [-0.39, 0.29) is 17.7 Å². The maximum atomic E-state index is 14.2. The van der Waals surface area contributed by atoms with Crippen LogP contribution in [0.25, 0.3) is 23.0 Å². The number of hydrogen-bond acceptors (Lipinski definition) is 8. The lowest BCUT2D eigenvalue weighted by atomic mass is 9.96. The Morgan fingerprint density at radius 3 is 2.36 bits per heavy atom. The Morgan fingerprint density at radius 1 is 1.00 bits per heavy atom. The molecular formula is C35H28N4O5S. The standard InChI is InChI=1S/C35H28N4O5S/c1-4-19-43-34(42)30-22(2)36-35-39(32(30)25-15-17-28(18-16-25)44-23(3)40)33(41)29(45-35)20-26-21-38(27-13-9-6-10-14-27)37-31(26)24-11-7-5-8-12-24/h4-18,20-21,32H,1,19H2,2-3H3/b29-20-/t32-/m1/s1. The van der Waals surface area contributed by atoms with Crippen LogP contribution in [0, 0.1) is 0 Å². The van der Waals surface area contributed by atoms with Gasteiger partial charge in [0.1, 0.15) is 12.4 Å². The first-order valence-electron chi connectivity index (χ1n) is 14.1. The number of nitrogens with zero attached hydrogens (tertiary/aromatic N) is 4. The molecule has 0 spiro atoms. The highest BCUT2D eigenvalue weighted by molar-refractivity contribution is 7.07. The van der Waals surface area contributed by atoms with Crippen LogP contribution < -0.4 is 19.6 Å². The number of hydrogen-bond donors (Lipinski definition) is 0. The molecule has 0 N–H and O–H groups in total. The second-order valence-corrected chi connectivity index (χ2v) is 11.2. The summed E-state index contributed by atoms with van der Waals surface area (Å²) in [5, 5.41) is 4.87. The number of esters is 2. The number of para-hydroxylation sites is 1. The van der Waals surface area contributed by atoms with Crippen molar-refractivity contribution in [2.45, 2.75) is 19.9 Å². The van der Waals surface area contributed by atoms with Crippen molar-refractivity contribution in [1.82, 2.24) is 14.3 Å². The molecule has 5 aromatic rings. The van der Waals surface area contributed by atoms with Gasteiger partial charge in [0.05, 0.1) is 33.2 Å². The molecule has 0 saturated heterocycles. The van der Waals surface area contributed by atoms with Gasteiger partial charge in [-0.1, -0.05) is 84.7 Å². The number of thiazole rings is 1. The van der Waals surface area contributed by atoms with Crippen molar-refractivity contribution >= 4 is 29.4 Å². The van der Waals surface area contributed by atoms with Crippen LogP contribution in [0.5, 0.6) is 5.75 Å². The van der Waals surface area contributed by atoms with Crippen LogP contribution in [0.15, 0.2) is 125 Å². The van der Waals surface area contributed by atoms with Crippen molar-refractivity contribution in [1.29, 1.82) is 0 Å². The van der Waals surface area contributed by atoms with E-state index in [1.165, 1.54) is 28.9 Å². The van der Waals surface area contributed by atoms with Gasteiger partial charge in [-0.05, 0) is 42.8 Å². The summed E-state index contributed by atoms with van der Waals surface area (Å²) in [6, 6.07) is 25.4. The Bertz CT molecular complexity index is 2130. The quantitative estimate of drug-likeness (QED) is 0.142. The van der Waals surface area contributed by atoms with Crippen molar-refractivity contribution in [2.24, 2.45) is 4.99 Å². The van der Waals surface area contributed by atoms with E-state index in [0.717, 1.165) is 16.8 Å². The molecule has 3 aromatic carbocycles. The predicted molar refractivity (Wildman–Crippen MR) is 172 cm³/mol. The number of carbonyl (C=O) groups is 2. The van der Waals surface area contributed by atoms with Crippen LogP contribution in [0.4, 0.5) is 0 Å². The molecule has 0 unspecified atom stereocenters. The fourth-order valence-electron chi connectivity index (χ4n) is 5.16. The van der Waals surface area contributed by atoms with Gasteiger partial charge >= 0.3 is 11.9 Å². The number of aromatic nitrogens is 3. The fourth-order valence-corrected chi connectivity index (χ4v) is 6.20. The molecule has 0 amide bonds. The second-order valence-electron chi connectivity index (χ2n) is 10.2. The molecule has 10 heteroatoms. The monoisotopic (exact) mass is 616 g/mol. The summed E-state index contributed by atoms with van der Waals surface area (Å²) in [6.07, 6.45) is 5.19. The minimum atomic E-state index is -0.826. The maximum Gasteiger partial charge on any atom is 0.338 e. The zero-order chi connectivity index (χ0) is 31.5. The van der Waals surface area contributed by atoms with Gasteiger partial charge in [0.25, 0.3) is 5.56 Å². The van der Waals surface area contributed by atoms with Crippen molar-refractivity contribution < 1.29 is 19.1 Å². The largest absolute Gasteiger partial charge is 0.458 e. The predicted octanol–water partition coefficient (Wildman–Crippen LogP) is 4.74. The SMILES string of the molecule is C=CCOC(=O)C1=C(C)N=c2s/c(=C\c3cn(-c4ccccc4)nc3-c3ccccc3)c(=O)n2[C@@H]1c1ccc(OC(C)=O)cc1. The summed E-state index contributed by atoms with van der Waals surface area (Å²) in [4.78, 5) is 44.1. The molecule has 9 nitrogen and oxygen atoms in total. The molecule has 1 aliphatic heterocycles. The van der Waals surface area contributed by atoms with E-state index in [0.29, 0.717) is 32.0 Å². The minimum absolute atomic E-state index is 0.00576. The number of allylic oxidation sites excluding steroid dienone is 1. The molecule has 1 aliphatic rings. The number of rotatable bonds is 8. The Morgan fingerprint density at radius 2 is 1.69 bits per heavy atom. The zero-order valence-corrected chi connectivity index (χ0v) is 25.4. The van der Waals surface area contributed by atoms with Gasteiger partial charge in [-0.15, -0.1) is 0 Å². The topological polar surface area (TPSA) is 105 Å². The molecule has 6 rings (SSSR count). The highest BCUT2D eigenvalue weighted by atomic mass is 32.1. The van der Waals surface area contributed by atoms with E-state index in [4.69, 9.17) is 14.6 Å². The van der Waals surface area contributed by atoms with Crippen LogP contribution in [0.2, 0.25) is 0 Å². The number of fused-ring (bicyclic) bond motifs is 1. The number of benzene rings is 3. The lowest BCUT2D eigenvalue weighted by molar-refractivity contribution is -0.138. The van der Waals surface area contributed by atoms with E-state index < -0.39 is 18.0 Å². The van der Waals surface area contributed by atoms with Gasteiger partial charge in [0, 0.05) is 24.2 Å². The van der Waals surface area contributed by atoms with Gasteiger partial charge in [0.2, 0.25) is 0 Å². The summed E-state index contributed by atoms with van der Waals surface area (Å²) in [5.41, 5.74) is 4.23. The Labute approximate surface area is 262 Å². The summed E-state index contributed by atoms with van der Waals surface area (Å²) >= 11 is 1.23. The molecule has 224 valence electrons. The third-order valence-corrected chi connectivity index (χ3v) is 8.11. The van der Waals surface area contributed by atoms with Crippen molar-refractivity contribution in [3.63, 3.8) is 0 Å². The molecule has 0 saturated carbocycles. The van der Waals surface area contributed by atoms with Gasteiger partial charge in [-0.3, -0.25) is 14.2 Å². The third-order valence-electron chi connectivity index (χ3n) is 7.13. The van der Waals surface area contributed by atoms with Gasteiger partial charge in [-0.2, -0.15) is 5.10 Å². The van der Waals surface area contributed by atoms with E-state index in [1.54, 1.807) is 35.9 Å². The summed E-state index contributed by atoms with van der Waals surface area (Å²) in [5.74, 6) is -0.709. The average Bonchev–Trinajstić information content (AvgIpc) is 3.60. The first-order valence-corrected chi connectivity index (χ1v) is 14.9. The van der Waals surface area contributed by atoms with Crippen molar-refractivity contribution in [2.75, 3.05) is 6.61 Å². The van der Waals surface area contributed by atoms with Gasteiger partial charge in [0.15, 0.2) is 4.80 Å². The third kappa shape index (κ3) is 5.96. The summed E-state index contributed by atoms with van der Waals surface area (Å²) in [6.45, 7) is 6.67. The Hall–Kier alpha value is -5.61. The molecular weight excluding hydrogens is 588 g/mol. The van der Waals surface area contributed by atoms with Crippen LogP contribution in [0.3, 0.4) is 0 Å². The lowest BCUT2D eigenvalue weighted by Crippen LogP contribution is -2.39. The smallest absolute Gasteiger partial charge is 0.338 e. The van der Waals surface area contributed by atoms with E-state index in [1.807, 2.05) is 72.9 Å². The van der Waals surface area contributed by atoms with Crippen molar-refractivity contribution in [3.8, 4) is 22.7 Å². The van der Waals surface area contributed by atoms with Crippen molar-refractivity contribution in [3.05, 3.63) is 146 Å². The summed E-state index contributed by atoms with van der Waals surface area (Å²) < 4.78 is 14.3. The van der Waals surface area contributed by atoms with E-state index in [9.17, 15) is 14.4 Å². The molecule has 1 atom stereocenters. The van der Waals surface area contributed by atoms with Crippen LogP contribution in [-0.2, 0) is 14.3 Å². The number of carbonyl (C=O) groups excluding carboxylic acids is 2. The van der Waals surface area contributed by atoms with E-state index in [2.05, 4.69) is 11.6 Å². The van der Waals surface area contributed by atoms with Crippen LogP contribution in [0.1, 0.15) is 31.0 Å². The number of ether oxygens (including phenoxy) is 2. The highest BCUT2D eigenvalue weighted by Crippen LogP contribution is 2.32. The van der Waals surface area contributed by atoms with Gasteiger partial charge in [-0.25, -0.2) is 14.5 Å². The highest BCUT2D eigenvalue weighted by Gasteiger charge is 2.33. The first-order chi connectivity index (χ1) is 21.8. The van der Waals surface area contributed by atoms with Crippen LogP contribution in [-0.4, -0.2) is 32.9 Å². The molecule has 0 radical (unpaired) electrons. The Balaban J connectivity index is 1.52. The maximum absolute atomic E-state index is 14.2. The minimum Gasteiger partial charge on any atom is -0.458 e. The molecule has 45 heavy (non-hydrogen) atoms. The molecule has 0 bridgehead atoms. The molecule has 2 aromatic heterocycles. The molecule has 0 fully saturated rings. The first kappa shape index (κ1) is 29.5. The second kappa shape index (κ2) is 12.6. The summed E-state index contributed by atoms with van der Waals surface area (Å²) in [7, 11) is 0. The van der Waals surface area contributed by atoms with Gasteiger partial charge < -0.3 is 9.47 Å².